The molecule has 0 amide bonds. The van der Waals surface area contributed by atoms with E-state index in [2.05, 4.69) is 30.4 Å². The molecule has 0 unspecified atom stereocenters. The molecule has 0 saturated heterocycles. The first-order chi connectivity index (χ1) is 12.5. The van der Waals surface area contributed by atoms with Crippen molar-refractivity contribution in [3.8, 4) is 11.1 Å². The van der Waals surface area contributed by atoms with Gasteiger partial charge < -0.3 is 10.3 Å². The van der Waals surface area contributed by atoms with Crippen LogP contribution >= 0.6 is 0 Å². The Hall–Kier alpha value is -3.17. The lowest BCUT2D eigenvalue weighted by Crippen LogP contribution is -2.44. The van der Waals surface area contributed by atoms with Gasteiger partial charge in [0.05, 0.1) is 0 Å². The first-order valence-electron chi connectivity index (χ1n) is 7.96. The van der Waals surface area contributed by atoms with Crippen LogP contribution in [-0.2, 0) is 0 Å². The van der Waals surface area contributed by atoms with Gasteiger partial charge in [-0.2, -0.15) is 10.1 Å². The minimum Gasteiger partial charge on any atom is -0.351 e. The molecule has 0 spiro atoms. The summed E-state index contributed by atoms with van der Waals surface area (Å²) in [5.74, 6) is -2.81. The SMILES string of the molecule is Fc1cc(-c2c[nH]c3nc(NC4CC(F)(F)C4)ncc23)cn2ncnc12. The fourth-order valence-corrected chi connectivity index (χ4v) is 3.19. The first kappa shape index (κ1) is 15.1. The van der Waals surface area contributed by atoms with Crippen molar-refractivity contribution >= 4 is 22.6 Å². The van der Waals surface area contributed by atoms with Crippen molar-refractivity contribution in [2.24, 2.45) is 0 Å². The molecule has 0 atom stereocenters. The molecule has 26 heavy (non-hydrogen) atoms. The Morgan fingerprint density at radius 2 is 2.12 bits per heavy atom. The summed E-state index contributed by atoms with van der Waals surface area (Å²) in [5, 5.41) is 7.55. The number of fused-ring (bicyclic) bond motifs is 2. The van der Waals surface area contributed by atoms with Crippen molar-refractivity contribution in [2.75, 3.05) is 5.32 Å². The number of rotatable bonds is 3. The van der Waals surface area contributed by atoms with Gasteiger partial charge in [-0.1, -0.05) is 0 Å². The zero-order chi connectivity index (χ0) is 17.9. The highest BCUT2D eigenvalue weighted by atomic mass is 19.3. The molecule has 2 N–H and O–H groups in total. The number of hydrogen-bond acceptors (Lipinski definition) is 5. The van der Waals surface area contributed by atoms with E-state index >= 15 is 0 Å². The Balaban J connectivity index is 1.49. The Morgan fingerprint density at radius 3 is 2.92 bits per heavy atom. The molecule has 1 fully saturated rings. The van der Waals surface area contributed by atoms with Crippen molar-refractivity contribution < 1.29 is 13.2 Å². The number of pyridine rings is 1. The zero-order valence-corrected chi connectivity index (χ0v) is 13.2. The number of alkyl halides is 2. The Kier molecular flexibility index (Phi) is 3.00. The fraction of sp³-hybridized carbons (Fsp3) is 0.250. The normalized spacial score (nSPS) is 16.9. The molecule has 132 valence electrons. The summed E-state index contributed by atoms with van der Waals surface area (Å²) in [6, 6.07) is 1.04. The molecule has 7 nitrogen and oxygen atoms in total. The van der Waals surface area contributed by atoms with Crippen LogP contribution in [0, 0.1) is 5.82 Å². The predicted octanol–water partition coefficient (Wildman–Crippen LogP) is 3.02. The summed E-state index contributed by atoms with van der Waals surface area (Å²) in [7, 11) is 0. The minimum atomic E-state index is -2.61. The third kappa shape index (κ3) is 2.37. The topological polar surface area (TPSA) is 83.8 Å². The summed E-state index contributed by atoms with van der Waals surface area (Å²) in [6.07, 6.45) is 5.77. The third-order valence-electron chi connectivity index (χ3n) is 4.50. The van der Waals surface area contributed by atoms with E-state index in [1.807, 2.05) is 0 Å². The van der Waals surface area contributed by atoms with Crippen LogP contribution in [0.2, 0.25) is 0 Å². The molecule has 1 aliphatic carbocycles. The van der Waals surface area contributed by atoms with Crippen LogP contribution in [0.5, 0.6) is 0 Å². The van der Waals surface area contributed by atoms with E-state index in [0.717, 1.165) is 0 Å². The van der Waals surface area contributed by atoms with Gasteiger partial charge in [0.25, 0.3) is 5.92 Å². The predicted molar refractivity (Wildman–Crippen MR) is 87.4 cm³/mol. The summed E-state index contributed by atoms with van der Waals surface area (Å²) in [5.41, 5.74) is 1.98. The minimum absolute atomic E-state index is 0.147. The van der Waals surface area contributed by atoms with Gasteiger partial charge in [-0.05, 0) is 6.07 Å². The lowest BCUT2D eigenvalue weighted by Gasteiger charge is -2.35. The van der Waals surface area contributed by atoms with Crippen LogP contribution in [0.25, 0.3) is 27.8 Å². The van der Waals surface area contributed by atoms with Gasteiger partial charge in [-0.3, -0.25) is 0 Å². The second-order valence-electron chi connectivity index (χ2n) is 6.37. The standard InChI is InChI=1S/C16H12F3N7/c17-12-1-8(6-26-14(12)22-7-23-26)10-4-20-13-11(10)5-21-15(25-13)24-9-2-16(18,19)3-9/h1,4-7,9H,2-3H2,(H2,20,21,24,25). The highest BCUT2D eigenvalue weighted by Gasteiger charge is 2.45. The average Bonchev–Trinajstić information content (AvgIpc) is 3.19. The van der Waals surface area contributed by atoms with Gasteiger partial charge >= 0.3 is 0 Å². The zero-order valence-electron chi connectivity index (χ0n) is 13.2. The molecule has 0 radical (unpaired) electrons. The maximum atomic E-state index is 14.2. The van der Waals surface area contributed by atoms with Crippen molar-refractivity contribution in [3.63, 3.8) is 0 Å². The summed E-state index contributed by atoms with van der Waals surface area (Å²) < 4.78 is 41.4. The van der Waals surface area contributed by atoms with Crippen LogP contribution in [0.15, 0.2) is 31.0 Å². The van der Waals surface area contributed by atoms with Crippen molar-refractivity contribution in [3.05, 3.63) is 36.8 Å². The van der Waals surface area contributed by atoms with Crippen molar-refractivity contribution in [1.29, 1.82) is 0 Å². The first-order valence-corrected chi connectivity index (χ1v) is 7.96. The van der Waals surface area contributed by atoms with Crippen molar-refractivity contribution in [2.45, 2.75) is 24.8 Å². The molecule has 4 heterocycles. The van der Waals surface area contributed by atoms with E-state index in [1.54, 1.807) is 18.6 Å². The second-order valence-corrected chi connectivity index (χ2v) is 6.37. The molecule has 1 saturated carbocycles. The average molecular weight is 359 g/mol. The molecule has 4 aromatic heterocycles. The van der Waals surface area contributed by atoms with Crippen LogP contribution in [0.3, 0.4) is 0 Å². The summed E-state index contributed by atoms with van der Waals surface area (Å²) in [6.45, 7) is 0. The van der Waals surface area contributed by atoms with Gasteiger partial charge in [-0.25, -0.2) is 27.7 Å². The number of hydrogen-bond donors (Lipinski definition) is 2. The van der Waals surface area contributed by atoms with Crippen LogP contribution < -0.4 is 5.32 Å². The maximum Gasteiger partial charge on any atom is 0.252 e. The Labute approximate surface area is 144 Å². The van der Waals surface area contributed by atoms with E-state index in [9.17, 15) is 13.2 Å². The molecule has 4 aromatic rings. The number of aromatic amines is 1. The molecule has 0 aliphatic heterocycles. The number of H-pyrrole nitrogens is 1. The number of aromatic nitrogens is 6. The lowest BCUT2D eigenvalue weighted by molar-refractivity contribution is -0.0794. The number of halogens is 3. The third-order valence-corrected chi connectivity index (χ3v) is 4.50. The summed E-state index contributed by atoms with van der Waals surface area (Å²) in [4.78, 5) is 15.4. The van der Waals surface area contributed by atoms with Gasteiger partial charge in [0, 0.05) is 54.0 Å². The molecule has 1 aliphatic rings. The molecule has 5 rings (SSSR count). The van der Waals surface area contributed by atoms with E-state index in [-0.39, 0.29) is 30.5 Å². The maximum absolute atomic E-state index is 14.2. The number of nitrogens with zero attached hydrogens (tertiary/aromatic N) is 5. The van der Waals surface area contributed by atoms with Crippen LogP contribution in [0.1, 0.15) is 12.8 Å². The highest BCUT2D eigenvalue weighted by molar-refractivity contribution is 5.93. The van der Waals surface area contributed by atoms with E-state index in [0.29, 0.717) is 22.2 Å². The highest BCUT2D eigenvalue weighted by Crippen LogP contribution is 2.38. The molecular formula is C16H12F3N7. The fourth-order valence-electron chi connectivity index (χ4n) is 3.19. The van der Waals surface area contributed by atoms with E-state index < -0.39 is 11.7 Å². The molecule has 0 aromatic carbocycles. The molecule has 10 heteroatoms. The molecular weight excluding hydrogens is 347 g/mol. The largest absolute Gasteiger partial charge is 0.351 e. The monoisotopic (exact) mass is 359 g/mol. The Bertz CT molecular complexity index is 1130. The second kappa shape index (κ2) is 5.16. The van der Waals surface area contributed by atoms with Gasteiger partial charge in [0.15, 0.2) is 11.5 Å². The van der Waals surface area contributed by atoms with Crippen LogP contribution in [0.4, 0.5) is 19.1 Å². The quantitative estimate of drug-likeness (QED) is 0.587. The molecule has 0 bridgehead atoms. The number of nitrogens with one attached hydrogen (secondary N) is 2. The smallest absolute Gasteiger partial charge is 0.252 e. The van der Waals surface area contributed by atoms with Gasteiger partial charge in [0.2, 0.25) is 5.95 Å². The summed E-state index contributed by atoms with van der Waals surface area (Å²) >= 11 is 0. The van der Waals surface area contributed by atoms with E-state index in [4.69, 9.17) is 0 Å². The van der Waals surface area contributed by atoms with Gasteiger partial charge in [0.1, 0.15) is 12.0 Å². The van der Waals surface area contributed by atoms with Crippen molar-refractivity contribution in [1.82, 2.24) is 29.5 Å². The van der Waals surface area contributed by atoms with Crippen LogP contribution in [-0.4, -0.2) is 41.5 Å². The number of anilines is 1. The van der Waals surface area contributed by atoms with E-state index in [1.165, 1.54) is 16.9 Å². The lowest BCUT2D eigenvalue weighted by atomic mass is 9.88. The Morgan fingerprint density at radius 1 is 1.27 bits per heavy atom. The van der Waals surface area contributed by atoms with Gasteiger partial charge in [-0.15, -0.1) is 0 Å².